The summed E-state index contributed by atoms with van der Waals surface area (Å²) in [4.78, 5) is 47.1. The minimum atomic E-state index is -0.641. The molecule has 2 aromatic heterocycles. The molecule has 0 saturated heterocycles. The maximum absolute atomic E-state index is 13.4. The number of nitrogens with one attached hydrogen (secondary N) is 1. The van der Waals surface area contributed by atoms with Gasteiger partial charge in [0.25, 0.3) is 5.91 Å². The fourth-order valence-corrected chi connectivity index (χ4v) is 4.35. The first kappa shape index (κ1) is 26.4. The van der Waals surface area contributed by atoms with E-state index in [9.17, 15) is 14.4 Å². The molecule has 0 aromatic carbocycles. The van der Waals surface area contributed by atoms with Crippen molar-refractivity contribution in [2.75, 3.05) is 20.1 Å². The quantitative estimate of drug-likeness (QED) is 0.703. The Morgan fingerprint density at radius 3 is 2.51 bits per heavy atom. The third kappa shape index (κ3) is 6.07. The summed E-state index contributed by atoms with van der Waals surface area (Å²) in [6.45, 7) is 12.3. The molecule has 35 heavy (non-hydrogen) atoms. The lowest BCUT2D eigenvalue weighted by Crippen LogP contribution is -2.47. The molecule has 2 aromatic rings. The van der Waals surface area contributed by atoms with Crippen molar-refractivity contribution in [2.45, 2.75) is 79.4 Å². The Morgan fingerprint density at radius 2 is 1.89 bits per heavy atom. The molecule has 0 fully saturated rings. The Morgan fingerprint density at radius 1 is 1.17 bits per heavy atom. The molecule has 2 atom stereocenters. The first-order chi connectivity index (χ1) is 16.5. The topological polar surface area (TPSA) is 126 Å². The van der Waals surface area contributed by atoms with Crippen LogP contribution in [0.3, 0.4) is 0 Å². The second-order valence-electron chi connectivity index (χ2n) is 9.71. The van der Waals surface area contributed by atoms with Crippen LogP contribution < -0.4 is 5.32 Å². The van der Waals surface area contributed by atoms with Gasteiger partial charge in [-0.1, -0.05) is 19.0 Å². The summed E-state index contributed by atoms with van der Waals surface area (Å²) in [6, 6.07) is -1.01. The normalized spacial score (nSPS) is 20.6. The number of likely N-dealkylation sites (N-methyl/N-ethyl adjacent to an activating group) is 1. The second kappa shape index (κ2) is 11.0. The number of hydrogen-bond acceptors (Lipinski definition) is 7. The molecule has 1 aliphatic rings. The number of fused-ring (bicyclic) bond motifs is 1. The highest BCUT2D eigenvalue weighted by molar-refractivity contribution is 5.96. The molecule has 0 bridgehead atoms. The van der Waals surface area contributed by atoms with E-state index < -0.39 is 6.04 Å². The van der Waals surface area contributed by atoms with E-state index in [1.165, 1.54) is 4.90 Å². The summed E-state index contributed by atoms with van der Waals surface area (Å²) in [5.41, 5.74) is 0.983. The van der Waals surface area contributed by atoms with Gasteiger partial charge in [-0.3, -0.25) is 14.4 Å². The van der Waals surface area contributed by atoms with Crippen molar-refractivity contribution in [2.24, 2.45) is 5.92 Å². The zero-order valence-electron chi connectivity index (χ0n) is 21.8. The van der Waals surface area contributed by atoms with Gasteiger partial charge < -0.3 is 19.6 Å². The Bertz CT molecular complexity index is 1050. The van der Waals surface area contributed by atoms with Crippen molar-refractivity contribution >= 4 is 17.7 Å². The molecule has 11 nitrogen and oxygen atoms in total. The van der Waals surface area contributed by atoms with Crippen LogP contribution in [0.2, 0.25) is 0 Å². The highest BCUT2D eigenvalue weighted by Crippen LogP contribution is 2.22. The van der Waals surface area contributed by atoms with Crippen LogP contribution in [0, 0.1) is 26.7 Å². The van der Waals surface area contributed by atoms with Crippen molar-refractivity contribution in [1.82, 2.24) is 35.0 Å². The fourth-order valence-electron chi connectivity index (χ4n) is 4.35. The molecular formula is C24H37N7O4. The molecule has 1 N–H and O–H groups in total. The highest BCUT2D eigenvalue weighted by Gasteiger charge is 2.30. The number of aromatic nitrogens is 4. The van der Waals surface area contributed by atoms with Crippen LogP contribution in [0.25, 0.3) is 0 Å². The zero-order valence-corrected chi connectivity index (χ0v) is 21.8. The number of carbonyl (C=O) groups excluding carboxylic acids is 3. The zero-order chi connectivity index (χ0) is 25.9. The standard InChI is InChI=1S/C24H37N7O4/c1-14(2)13-19-22-25-18(6)27-31(22)12-11-30(24(34)21-15(3)28-35-17(21)5)10-8-9-20(32)29(7)16(4)23(33)26-19/h14,16,19H,8-13H2,1-7H3,(H,26,33)/t16-,19+/m0/s1. The minimum absolute atomic E-state index is 0.145. The monoisotopic (exact) mass is 487 g/mol. The van der Waals surface area contributed by atoms with Crippen molar-refractivity contribution in [1.29, 1.82) is 0 Å². The van der Waals surface area contributed by atoms with Crippen molar-refractivity contribution in [3.05, 3.63) is 28.7 Å². The number of aryl methyl sites for hydroxylation is 3. The van der Waals surface area contributed by atoms with Crippen LogP contribution in [-0.2, 0) is 16.1 Å². The van der Waals surface area contributed by atoms with E-state index in [1.54, 1.807) is 37.4 Å². The Hall–Kier alpha value is -3.24. The van der Waals surface area contributed by atoms with Gasteiger partial charge in [0.1, 0.15) is 29.0 Å². The average Bonchev–Trinajstić information content (AvgIpc) is 3.33. The molecule has 11 heteroatoms. The number of nitrogens with zero attached hydrogens (tertiary/aromatic N) is 6. The molecule has 0 unspecified atom stereocenters. The number of carbonyl (C=O) groups is 3. The summed E-state index contributed by atoms with van der Waals surface area (Å²) >= 11 is 0. The summed E-state index contributed by atoms with van der Waals surface area (Å²) in [6.07, 6.45) is 1.35. The van der Waals surface area contributed by atoms with E-state index in [4.69, 9.17) is 4.52 Å². The van der Waals surface area contributed by atoms with Gasteiger partial charge in [-0.2, -0.15) is 5.10 Å². The van der Waals surface area contributed by atoms with Gasteiger partial charge in [-0.05, 0) is 46.5 Å². The van der Waals surface area contributed by atoms with E-state index in [-0.39, 0.29) is 36.1 Å². The number of amides is 3. The summed E-state index contributed by atoms with van der Waals surface area (Å²) in [5, 5.41) is 11.6. The summed E-state index contributed by atoms with van der Waals surface area (Å²) < 4.78 is 6.99. The van der Waals surface area contributed by atoms with E-state index in [2.05, 4.69) is 34.4 Å². The van der Waals surface area contributed by atoms with E-state index >= 15 is 0 Å². The second-order valence-corrected chi connectivity index (χ2v) is 9.71. The first-order valence-corrected chi connectivity index (χ1v) is 12.2. The van der Waals surface area contributed by atoms with Crippen molar-refractivity contribution < 1.29 is 18.9 Å². The van der Waals surface area contributed by atoms with Crippen LogP contribution in [0.4, 0.5) is 0 Å². The van der Waals surface area contributed by atoms with Crippen LogP contribution in [0.15, 0.2) is 4.52 Å². The van der Waals surface area contributed by atoms with E-state index in [0.29, 0.717) is 61.1 Å². The summed E-state index contributed by atoms with van der Waals surface area (Å²) in [5.74, 6) is 1.43. The molecule has 0 aliphatic carbocycles. The van der Waals surface area contributed by atoms with Gasteiger partial charge >= 0.3 is 0 Å². The van der Waals surface area contributed by atoms with Gasteiger partial charge in [0.15, 0.2) is 0 Å². The number of rotatable bonds is 3. The third-order valence-corrected chi connectivity index (χ3v) is 6.43. The lowest BCUT2D eigenvalue weighted by atomic mass is 10.0. The number of hydrogen-bond donors (Lipinski definition) is 1. The smallest absolute Gasteiger partial charge is 0.259 e. The van der Waals surface area contributed by atoms with Crippen LogP contribution >= 0.6 is 0 Å². The lowest BCUT2D eigenvalue weighted by Gasteiger charge is -2.29. The van der Waals surface area contributed by atoms with Crippen LogP contribution in [0.5, 0.6) is 0 Å². The van der Waals surface area contributed by atoms with Gasteiger partial charge in [0.05, 0.1) is 18.3 Å². The van der Waals surface area contributed by atoms with Gasteiger partial charge in [-0.15, -0.1) is 0 Å². The molecule has 3 amide bonds. The Kier molecular flexibility index (Phi) is 8.29. The van der Waals surface area contributed by atoms with Crippen LogP contribution in [0.1, 0.15) is 79.5 Å². The Balaban J connectivity index is 1.98. The maximum Gasteiger partial charge on any atom is 0.259 e. The van der Waals surface area contributed by atoms with Crippen LogP contribution in [-0.4, -0.2) is 73.6 Å². The predicted molar refractivity (Wildman–Crippen MR) is 128 cm³/mol. The molecule has 0 spiro atoms. The SMILES string of the molecule is Cc1nc2n(n1)CCN(C(=O)c1c(C)noc1C)CCCC(=O)N(C)[C@@H](C)C(=O)N[C@@H]2CC(C)C. The molecule has 0 radical (unpaired) electrons. The summed E-state index contributed by atoms with van der Waals surface area (Å²) in [7, 11) is 1.63. The van der Waals surface area contributed by atoms with E-state index in [1.807, 2.05) is 6.92 Å². The average molecular weight is 488 g/mol. The van der Waals surface area contributed by atoms with Gasteiger partial charge in [0, 0.05) is 26.6 Å². The van der Waals surface area contributed by atoms with Gasteiger partial charge in [-0.25, -0.2) is 9.67 Å². The maximum atomic E-state index is 13.4. The first-order valence-electron chi connectivity index (χ1n) is 12.2. The van der Waals surface area contributed by atoms with Crippen molar-refractivity contribution in [3.8, 4) is 0 Å². The molecule has 3 heterocycles. The molecule has 1 aliphatic heterocycles. The van der Waals surface area contributed by atoms with Crippen molar-refractivity contribution in [3.63, 3.8) is 0 Å². The largest absolute Gasteiger partial charge is 0.361 e. The Labute approximate surface area is 206 Å². The highest BCUT2D eigenvalue weighted by atomic mass is 16.5. The van der Waals surface area contributed by atoms with Gasteiger partial charge in [0.2, 0.25) is 11.8 Å². The minimum Gasteiger partial charge on any atom is -0.361 e. The molecular weight excluding hydrogens is 450 g/mol. The van der Waals surface area contributed by atoms with E-state index in [0.717, 1.165) is 0 Å². The lowest BCUT2D eigenvalue weighted by molar-refractivity contribution is -0.138. The third-order valence-electron chi connectivity index (χ3n) is 6.43. The molecule has 192 valence electrons. The molecule has 3 rings (SSSR count). The predicted octanol–water partition coefficient (Wildman–Crippen LogP) is 2.18. The molecule has 0 saturated carbocycles. The fraction of sp³-hybridized carbons (Fsp3) is 0.667.